The Balaban J connectivity index is 1.86. The van der Waals surface area contributed by atoms with E-state index in [1.165, 1.54) is 0 Å². The number of hydrogen-bond acceptors (Lipinski definition) is 4. The standard InChI is InChI=1S/C19H22ClN3O3/c1-12(2)18(21)19(25)22-11-17(24)23-13-7-9-14(10-8-13)26-16-6-4-3-5-15(16)20/h3-10,12,18H,11,21H2,1-2H3,(H,22,25)(H,23,24)/t18-/m0/s1. The van der Waals surface area contributed by atoms with Gasteiger partial charge in [0.15, 0.2) is 0 Å². The number of halogens is 1. The van der Waals surface area contributed by atoms with Gasteiger partial charge in [0, 0.05) is 5.69 Å². The van der Waals surface area contributed by atoms with Crippen LogP contribution in [-0.2, 0) is 9.59 Å². The van der Waals surface area contributed by atoms with Gasteiger partial charge in [0.1, 0.15) is 11.5 Å². The second kappa shape index (κ2) is 9.22. The van der Waals surface area contributed by atoms with E-state index in [9.17, 15) is 9.59 Å². The lowest BCUT2D eigenvalue weighted by molar-refractivity contribution is -0.125. The second-order valence-corrected chi connectivity index (χ2v) is 6.50. The van der Waals surface area contributed by atoms with Crippen molar-refractivity contribution in [3.8, 4) is 11.5 Å². The van der Waals surface area contributed by atoms with Crippen molar-refractivity contribution in [3.05, 3.63) is 53.6 Å². The van der Waals surface area contributed by atoms with Crippen LogP contribution in [0.1, 0.15) is 13.8 Å². The number of nitrogens with two attached hydrogens (primary N) is 1. The molecular weight excluding hydrogens is 354 g/mol. The number of amides is 2. The van der Waals surface area contributed by atoms with Crippen LogP contribution in [0.25, 0.3) is 0 Å². The molecule has 2 amide bonds. The molecule has 0 bridgehead atoms. The minimum Gasteiger partial charge on any atom is -0.456 e. The van der Waals surface area contributed by atoms with Gasteiger partial charge in [0.05, 0.1) is 17.6 Å². The molecule has 0 spiro atoms. The number of anilines is 1. The van der Waals surface area contributed by atoms with Gasteiger partial charge in [-0.1, -0.05) is 37.6 Å². The summed E-state index contributed by atoms with van der Waals surface area (Å²) in [4.78, 5) is 23.7. The molecule has 0 fully saturated rings. The highest BCUT2D eigenvalue weighted by Gasteiger charge is 2.17. The Labute approximate surface area is 157 Å². The normalized spacial score (nSPS) is 11.7. The summed E-state index contributed by atoms with van der Waals surface area (Å²) in [6.07, 6.45) is 0. The van der Waals surface area contributed by atoms with Gasteiger partial charge in [0.2, 0.25) is 11.8 Å². The van der Waals surface area contributed by atoms with Crippen LogP contribution in [0.2, 0.25) is 5.02 Å². The number of ether oxygens (including phenoxy) is 1. The molecule has 0 saturated heterocycles. The smallest absolute Gasteiger partial charge is 0.243 e. The monoisotopic (exact) mass is 375 g/mol. The molecule has 6 nitrogen and oxygen atoms in total. The number of para-hydroxylation sites is 1. The molecule has 0 aliphatic carbocycles. The van der Waals surface area contributed by atoms with E-state index in [1.807, 2.05) is 26.0 Å². The molecular formula is C19H22ClN3O3. The Kier molecular flexibility index (Phi) is 7.00. The summed E-state index contributed by atoms with van der Waals surface area (Å²) >= 11 is 6.05. The zero-order valence-electron chi connectivity index (χ0n) is 14.7. The quantitative estimate of drug-likeness (QED) is 0.692. The predicted molar refractivity (Wildman–Crippen MR) is 102 cm³/mol. The summed E-state index contributed by atoms with van der Waals surface area (Å²) in [5, 5.41) is 5.72. The fourth-order valence-corrected chi connectivity index (χ4v) is 2.23. The third kappa shape index (κ3) is 5.75. The Morgan fingerprint density at radius 2 is 1.77 bits per heavy atom. The topological polar surface area (TPSA) is 93.5 Å². The molecule has 0 aliphatic heterocycles. The van der Waals surface area contributed by atoms with Gasteiger partial charge in [-0.3, -0.25) is 9.59 Å². The molecule has 0 aliphatic rings. The predicted octanol–water partition coefficient (Wildman–Crippen LogP) is 3.17. The highest BCUT2D eigenvalue weighted by atomic mass is 35.5. The summed E-state index contributed by atoms with van der Waals surface area (Å²) in [5.41, 5.74) is 6.31. The maximum Gasteiger partial charge on any atom is 0.243 e. The Bertz CT molecular complexity index is 763. The lowest BCUT2D eigenvalue weighted by Crippen LogP contribution is -2.46. The molecule has 26 heavy (non-hydrogen) atoms. The number of benzene rings is 2. The summed E-state index contributed by atoms with van der Waals surface area (Å²) in [7, 11) is 0. The van der Waals surface area contributed by atoms with Crippen LogP contribution in [0, 0.1) is 5.92 Å². The fourth-order valence-electron chi connectivity index (χ4n) is 2.05. The van der Waals surface area contributed by atoms with Gasteiger partial charge in [-0.15, -0.1) is 0 Å². The van der Waals surface area contributed by atoms with Crippen molar-refractivity contribution in [1.29, 1.82) is 0 Å². The Hall–Kier alpha value is -2.57. The molecule has 1 atom stereocenters. The largest absolute Gasteiger partial charge is 0.456 e. The van der Waals surface area contributed by atoms with E-state index in [0.717, 1.165) is 0 Å². The molecule has 4 N–H and O–H groups in total. The van der Waals surface area contributed by atoms with Crippen molar-refractivity contribution in [2.75, 3.05) is 11.9 Å². The van der Waals surface area contributed by atoms with Gasteiger partial charge < -0.3 is 21.1 Å². The van der Waals surface area contributed by atoms with E-state index in [-0.39, 0.29) is 24.3 Å². The lowest BCUT2D eigenvalue weighted by atomic mass is 10.1. The van der Waals surface area contributed by atoms with Crippen molar-refractivity contribution >= 4 is 29.1 Å². The molecule has 0 saturated carbocycles. The highest BCUT2D eigenvalue weighted by molar-refractivity contribution is 6.32. The van der Waals surface area contributed by atoms with Gasteiger partial charge in [0.25, 0.3) is 0 Å². The molecule has 0 heterocycles. The fraction of sp³-hybridized carbons (Fsp3) is 0.263. The summed E-state index contributed by atoms with van der Waals surface area (Å²) < 4.78 is 5.68. The van der Waals surface area contributed by atoms with Crippen molar-refractivity contribution in [2.45, 2.75) is 19.9 Å². The number of hydrogen-bond donors (Lipinski definition) is 3. The summed E-state index contributed by atoms with van der Waals surface area (Å²) in [6, 6.07) is 13.4. The number of carbonyl (C=O) groups is 2. The molecule has 2 aromatic carbocycles. The first-order chi connectivity index (χ1) is 12.4. The van der Waals surface area contributed by atoms with E-state index in [4.69, 9.17) is 22.1 Å². The van der Waals surface area contributed by atoms with Gasteiger partial charge in [-0.25, -0.2) is 0 Å². The van der Waals surface area contributed by atoms with Crippen LogP contribution in [-0.4, -0.2) is 24.4 Å². The van der Waals surface area contributed by atoms with Crippen LogP contribution in [0.3, 0.4) is 0 Å². The maximum absolute atomic E-state index is 11.9. The van der Waals surface area contributed by atoms with Crippen molar-refractivity contribution in [2.24, 2.45) is 11.7 Å². The van der Waals surface area contributed by atoms with Gasteiger partial charge in [-0.2, -0.15) is 0 Å². The van der Waals surface area contributed by atoms with E-state index >= 15 is 0 Å². The zero-order valence-corrected chi connectivity index (χ0v) is 15.4. The minimum atomic E-state index is -0.635. The first-order valence-corrected chi connectivity index (χ1v) is 8.60. The van der Waals surface area contributed by atoms with E-state index in [1.54, 1.807) is 36.4 Å². The highest BCUT2D eigenvalue weighted by Crippen LogP contribution is 2.29. The molecule has 7 heteroatoms. The lowest BCUT2D eigenvalue weighted by Gasteiger charge is -2.15. The first-order valence-electron chi connectivity index (χ1n) is 8.22. The molecule has 0 aromatic heterocycles. The third-order valence-corrected chi connectivity index (χ3v) is 3.96. The van der Waals surface area contributed by atoms with Crippen LogP contribution < -0.4 is 21.1 Å². The van der Waals surface area contributed by atoms with E-state index in [2.05, 4.69) is 10.6 Å². The Morgan fingerprint density at radius 1 is 1.12 bits per heavy atom. The Morgan fingerprint density at radius 3 is 2.38 bits per heavy atom. The molecule has 2 aromatic rings. The van der Waals surface area contributed by atoms with Crippen molar-refractivity contribution < 1.29 is 14.3 Å². The molecule has 138 valence electrons. The average Bonchev–Trinajstić information content (AvgIpc) is 2.62. The summed E-state index contributed by atoms with van der Waals surface area (Å²) in [5.74, 6) is 0.457. The van der Waals surface area contributed by atoms with E-state index in [0.29, 0.717) is 22.2 Å². The van der Waals surface area contributed by atoms with Crippen molar-refractivity contribution in [1.82, 2.24) is 5.32 Å². The van der Waals surface area contributed by atoms with Gasteiger partial charge in [-0.05, 0) is 42.3 Å². The van der Waals surface area contributed by atoms with Crippen molar-refractivity contribution in [3.63, 3.8) is 0 Å². The van der Waals surface area contributed by atoms with Crippen LogP contribution in [0.15, 0.2) is 48.5 Å². The first kappa shape index (κ1) is 19.8. The number of nitrogens with one attached hydrogen (secondary N) is 2. The van der Waals surface area contributed by atoms with E-state index < -0.39 is 6.04 Å². The maximum atomic E-state index is 11.9. The zero-order chi connectivity index (χ0) is 19.1. The molecule has 0 unspecified atom stereocenters. The number of carbonyl (C=O) groups excluding carboxylic acids is 2. The molecule has 0 radical (unpaired) electrons. The second-order valence-electron chi connectivity index (χ2n) is 6.09. The van der Waals surface area contributed by atoms with Crippen LogP contribution in [0.4, 0.5) is 5.69 Å². The SMILES string of the molecule is CC(C)[C@H](N)C(=O)NCC(=O)Nc1ccc(Oc2ccccc2Cl)cc1. The van der Waals surface area contributed by atoms with Crippen LogP contribution in [0.5, 0.6) is 11.5 Å². The van der Waals surface area contributed by atoms with Gasteiger partial charge >= 0.3 is 0 Å². The number of rotatable bonds is 7. The minimum absolute atomic E-state index is 0.00345. The summed E-state index contributed by atoms with van der Waals surface area (Å²) in [6.45, 7) is 3.55. The average molecular weight is 376 g/mol. The third-order valence-electron chi connectivity index (χ3n) is 3.65. The van der Waals surface area contributed by atoms with Crippen LogP contribution >= 0.6 is 11.6 Å². The molecule has 2 rings (SSSR count).